The van der Waals surface area contributed by atoms with Gasteiger partial charge < -0.3 is 10.1 Å². The van der Waals surface area contributed by atoms with Crippen molar-refractivity contribution in [2.24, 2.45) is 0 Å². The van der Waals surface area contributed by atoms with E-state index in [1.54, 1.807) is 37.3 Å². The van der Waals surface area contributed by atoms with Crippen LogP contribution in [0.1, 0.15) is 18.9 Å². The zero-order valence-corrected chi connectivity index (χ0v) is 18.3. The minimum absolute atomic E-state index is 0.258. The molecule has 0 aliphatic heterocycles. The average molecular weight is 445 g/mol. The van der Waals surface area contributed by atoms with Gasteiger partial charge in [0.05, 0.1) is 24.1 Å². The molecule has 0 heterocycles. The maximum Gasteiger partial charge on any atom is 0.248 e. The van der Waals surface area contributed by atoms with Crippen LogP contribution in [0.25, 0.3) is 0 Å². The lowest BCUT2D eigenvalue weighted by atomic mass is 10.1. The first-order valence-electron chi connectivity index (χ1n) is 8.48. The van der Waals surface area contributed by atoms with Gasteiger partial charge in [0.1, 0.15) is 11.8 Å². The lowest BCUT2D eigenvalue weighted by Gasteiger charge is -2.30. The summed E-state index contributed by atoms with van der Waals surface area (Å²) < 4.78 is 31.1. The van der Waals surface area contributed by atoms with E-state index in [1.807, 2.05) is 6.92 Å². The Morgan fingerprint density at radius 3 is 2.36 bits per heavy atom. The molecule has 28 heavy (non-hydrogen) atoms. The normalized spacial score (nSPS) is 12.4. The van der Waals surface area contributed by atoms with Gasteiger partial charge in [0.15, 0.2) is 0 Å². The van der Waals surface area contributed by atoms with E-state index >= 15 is 0 Å². The number of hydrogen-bond donors (Lipinski definition) is 1. The second kappa shape index (κ2) is 9.03. The predicted molar refractivity (Wildman–Crippen MR) is 114 cm³/mol. The van der Waals surface area contributed by atoms with E-state index in [4.69, 9.17) is 27.9 Å². The third kappa shape index (κ3) is 5.10. The summed E-state index contributed by atoms with van der Waals surface area (Å²) in [6, 6.07) is 8.70. The molecule has 2 aromatic carbocycles. The smallest absolute Gasteiger partial charge is 0.248 e. The summed E-state index contributed by atoms with van der Waals surface area (Å²) in [5, 5.41) is 3.47. The number of carbonyl (C=O) groups is 1. The summed E-state index contributed by atoms with van der Waals surface area (Å²) in [4.78, 5) is 12.9. The number of aryl methyl sites for hydroxylation is 1. The lowest BCUT2D eigenvalue weighted by molar-refractivity contribution is -0.117. The quantitative estimate of drug-likeness (QED) is 0.681. The Hall–Kier alpha value is -1.96. The topological polar surface area (TPSA) is 75.7 Å². The van der Waals surface area contributed by atoms with Crippen LogP contribution in [0.15, 0.2) is 36.4 Å². The van der Waals surface area contributed by atoms with Crippen LogP contribution in [0, 0.1) is 6.92 Å². The third-order valence-electron chi connectivity index (χ3n) is 4.16. The van der Waals surface area contributed by atoms with Gasteiger partial charge in [-0.25, -0.2) is 8.42 Å². The standard InChI is InChI=1S/C19H22Cl2N2O4S/c1-5-17(19(24)22-13-7-9-18(27-3)16(21)10-13)23(28(4,25)26)14-8-6-12(2)15(20)11-14/h6-11,17H,5H2,1-4H3,(H,22,24)/t17-/m0/s1. The summed E-state index contributed by atoms with van der Waals surface area (Å²) in [5.74, 6) is -0.00961. The third-order valence-corrected chi connectivity index (χ3v) is 6.04. The highest BCUT2D eigenvalue weighted by Crippen LogP contribution is 2.30. The second-order valence-corrected chi connectivity index (χ2v) is 8.93. The molecule has 1 amide bonds. The van der Waals surface area contributed by atoms with E-state index in [1.165, 1.54) is 13.2 Å². The Morgan fingerprint density at radius 2 is 1.86 bits per heavy atom. The van der Waals surface area contributed by atoms with Crippen LogP contribution < -0.4 is 14.4 Å². The number of amides is 1. The molecule has 152 valence electrons. The molecular formula is C19H22Cl2N2O4S. The molecule has 0 aromatic heterocycles. The van der Waals surface area contributed by atoms with Crippen molar-refractivity contribution < 1.29 is 17.9 Å². The van der Waals surface area contributed by atoms with Crippen LogP contribution in [0.3, 0.4) is 0 Å². The molecule has 0 spiro atoms. The molecule has 1 atom stereocenters. The van der Waals surface area contributed by atoms with Gasteiger partial charge in [-0.1, -0.05) is 36.2 Å². The number of benzene rings is 2. The Bertz CT molecular complexity index is 980. The number of rotatable bonds is 7. The maximum atomic E-state index is 12.9. The van der Waals surface area contributed by atoms with E-state index in [0.717, 1.165) is 16.1 Å². The first-order valence-corrected chi connectivity index (χ1v) is 11.1. The van der Waals surface area contributed by atoms with Crippen LogP contribution in [0.4, 0.5) is 11.4 Å². The molecule has 0 fully saturated rings. The Balaban J connectivity index is 2.38. The Kier molecular flexibility index (Phi) is 7.20. The van der Waals surface area contributed by atoms with Gasteiger partial charge in [-0.05, 0) is 49.2 Å². The van der Waals surface area contributed by atoms with E-state index < -0.39 is 22.0 Å². The minimum atomic E-state index is -3.75. The number of halogens is 2. The SMILES string of the molecule is CC[C@@H](C(=O)Nc1ccc(OC)c(Cl)c1)N(c1ccc(C)c(Cl)c1)S(C)(=O)=O. The molecule has 2 aromatic rings. The maximum absolute atomic E-state index is 12.9. The number of ether oxygens (including phenoxy) is 1. The summed E-state index contributed by atoms with van der Waals surface area (Å²) in [6.45, 7) is 3.55. The predicted octanol–water partition coefficient (Wildman–Crippen LogP) is 4.49. The molecule has 9 heteroatoms. The summed E-state index contributed by atoms with van der Waals surface area (Å²) in [6.07, 6.45) is 1.31. The van der Waals surface area contributed by atoms with Crippen LogP contribution in [-0.4, -0.2) is 33.7 Å². The number of nitrogens with zero attached hydrogens (tertiary/aromatic N) is 1. The largest absolute Gasteiger partial charge is 0.495 e. The van der Waals surface area contributed by atoms with Crippen molar-refractivity contribution in [3.05, 3.63) is 52.0 Å². The zero-order chi connectivity index (χ0) is 21.1. The molecule has 0 unspecified atom stereocenters. The number of methoxy groups -OCH3 is 1. The van der Waals surface area contributed by atoms with E-state index in [0.29, 0.717) is 27.2 Å². The van der Waals surface area contributed by atoms with Gasteiger partial charge in [-0.15, -0.1) is 0 Å². The number of sulfonamides is 1. The number of carbonyl (C=O) groups excluding carboxylic acids is 1. The van der Waals surface area contributed by atoms with Gasteiger partial charge in [0.2, 0.25) is 15.9 Å². The summed E-state index contributed by atoms with van der Waals surface area (Å²) in [5.41, 5.74) is 1.57. The van der Waals surface area contributed by atoms with Gasteiger partial charge in [0, 0.05) is 10.7 Å². The monoisotopic (exact) mass is 444 g/mol. The van der Waals surface area contributed by atoms with Crippen molar-refractivity contribution in [1.29, 1.82) is 0 Å². The van der Waals surface area contributed by atoms with Crippen LogP contribution in [-0.2, 0) is 14.8 Å². The highest BCUT2D eigenvalue weighted by molar-refractivity contribution is 7.92. The molecule has 0 aliphatic rings. The van der Waals surface area contributed by atoms with Crippen LogP contribution in [0.5, 0.6) is 5.75 Å². The number of hydrogen-bond acceptors (Lipinski definition) is 4. The number of nitrogens with one attached hydrogen (secondary N) is 1. The highest BCUT2D eigenvalue weighted by atomic mass is 35.5. The first-order chi connectivity index (χ1) is 13.1. The molecule has 2 rings (SSSR count). The van der Waals surface area contributed by atoms with Gasteiger partial charge >= 0.3 is 0 Å². The van der Waals surface area contributed by atoms with Crippen molar-refractivity contribution >= 4 is 50.5 Å². The van der Waals surface area contributed by atoms with Crippen molar-refractivity contribution in [2.45, 2.75) is 26.3 Å². The number of anilines is 2. The lowest BCUT2D eigenvalue weighted by Crippen LogP contribution is -2.47. The first kappa shape index (κ1) is 22.3. The van der Waals surface area contributed by atoms with Crippen LogP contribution >= 0.6 is 23.2 Å². The summed E-state index contributed by atoms with van der Waals surface area (Å²) >= 11 is 12.3. The molecule has 0 saturated carbocycles. The Labute approximate surface area is 175 Å². The molecular weight excluding hydrogens is 423 g/mol. The molecule has 0 radical (unpaired) electrons. The molecule has 0 saturated heterocycles. The van der Waals surface area contributed by atoms with Gasteiger partial charge in [0.25, 0.3) is 0 Å². The fourth-order valence-electron chi connectivity index (χ4n) is 2.75. The molecule has 6 nitrogen and oxygen atoms in total. The van der Waals surface area contributed by atoms with Gasteiger partial charge in [-0.3, -0.25) is 9.10 Å². The van der Waals surface area contributed by atoms with E-state index in [9.17, 15) is 13.2 Å². The molecule has 0 aliphatic carbocycles. The summed E-state index contributed by atoms with van der Waals surface area (Å²) in [7, 11) is -2.26. The van der Waals surface area contributed by atoms with E-state index in [2.05, 4.69) is 5.32 Å². The van der Waals surface area contributed by atoms with Crippen molar-refractivity contribution in [2.75, 3.05) is 23.0 Å². The van der Waals surface area contributed by atoms with Crippen molar-refractivity contribution in [3.8, 4) is 5.75 Å². The fraction of sp³-hybridized carbons (Fsp3) is 0.316. The second-order valence-electron chi connectivity index (χ2n) is 6.25. The van der Waals surface area contributed by atoms with Crippen LogP contribution in [0.2, 0.25) is 10.0 Å². The van der Waals surface area contributed by atoms with E-state index in [-0.39, 0.29) is 6.42 Å². The Morgan fingerprint density at radius 1 is 1.18 bits per heavy atom. The van der Waals surface area contributed by atoms with Gasteiger partial charge in [-0.2, -0.15) is 0 Å². The van der Waals surface area contributed by atoms with Crippen molar-refractivity contribution in [3.63, 3.8) is 0 Å². The minimum Gasteiger partial charge on any atom is -0.495 e. The highest BCUT2D eigenvalue weighted by Gasteiger charge is 2.32. The average Bonchev–Trinajstić information content (AvgIpc) is 2.61. The van der Waals surface area contributed by atoms with Crippen molar-refractivity contribution in [1.82, 2.24) is 0 Å². The zero-order valence-electron chi connectivity index (χ0n) is 16.0. The molecule has 1 N–H and O–H groups in total. The fourth-order valence-corrected chi connectivity index (χ4v) is 4.38. The molecule has 0 bridgehead atoms.